The van der Waals surface area contributed by atoms with E-state index in [4.69, 9.17) is 5.73 Å². The van der Waals surface area contributed by atoms with Crippen LogP contribution >= 0.6 is 0 Å². The van der Waals surface area contributed by atoms with Crippen LogP contribution in [0.1, 0.15) is 39.0 Å². The molecule has 2 aliphatic carbocycles. The number of aliphatic imine (C=N–C) groups is 1. The predicted molar refractivity (Wildman–Crippen MR) is 62.2 cm³/mol. The first kappa shape index (κ1) is 10.1. The Morgan fingerprint density at radius 2 is 2.00 bits per heavy atom. The molecule has 4 heteroatoms. The Kier molecular flexibility index (Phi) is 2.03. The second-order valence-corrected chi connectivity index (χ2v) is 5.75. The summed E-state index contributed by atoms with van der Waals surface area (Å²) >= 11 is 0. The fourth-order valence-corrected chi connectivity index (χ4v) is 2.57. The number of urea groups is 1. The molecule has 3 rings (SSSR count). The number of carbonyl (C=O) groups is 1. The van der Waals surface area contributed by atoms with Gasteiger partial charge in [0.05, 0.1) is 5.54 Å². The van der Waals surface area contributed by atoms with Crippen molar-refractivity contribution in [2.45, 2.75) is 44.6 Å². The van der Waals surface area contributed by atoms with Gasteiger partial charge in [-0.25, -0.2) is 4.79 Å². The molecule has 0 saturated heterocycles. The SMILES string of the molecule is CC1(CC2CC2)C(N)=NC(=O)N1CC1CC1. The van der Waals surface area contributed by atoms with E-state index in [1.165, 1.54) is 25.7 Å². The van der Waals surface area contributed by atoms with Crippen LogP contribution in [0.2, 0.25) is 0 Å². The average Bonchev–Trinajstić information content (AvgIpc) is 3.07. The molecule has 2 N–H and O–H groups in total. The molecule has 4 nitrogen and oxygen atoms in total. The van der Waals surface area contributed by atoms with Crippen molar-refractivity contribution in [3.05, 3.63) is 0 Å². The van der Waals surface area contributed by atoms with Crippen molar-refractivity contribution in [3.63, 3.8) is 0 Å². The van der Waals surface area contributed by atoms with E-state index in [0.717, 1.165) is 18.9 Å². The first-order valence-electron chi connectivity index (χ1n) is 6.26. The van der Waals surface area contributed by atoms with Gasteiger partial charge in [-0.3, -0.25) is 0 Å². The van der Waals surface area contributed by atoms with Crippen molar-refractivity contribution >= 4 is 11.9 Å². The summed E-state index contributed by atoms with van der Waals surface area (Å²) in [6.45, 7) is 2.93. The maximum atomic E-state index is 11.8. The minimum atomic E-state index is -0.291. The van der Waals surface area contributed by atoms with Gasteiger partial charge in [0.25, 0.3) is 0 Å². The molecular formula is C12H19N3O. The summed E-state index contributed by atoms with van der Waals surface area (Å²) in [7, 11) is 0. The molecule has 1 atom stereocenters. The Bertz CT molecular complexity index is 357. The van der Waals surface area contributed by atoms with Crippen LogP contribution in [-0.2, 0) is 0 Å². The summed E-state index contributed by atoms with van der Waals surface area (Å²) in [5, 5.41) is 0. The van der Waals surface area contributed by atoms with Crippen LogP contribution < -0.4 is 5.73 Å². The largest absolute Gasteiger partial charge is 0.385 e. The molecule has 1 aliphatic heterocycles. The molecule has 3 aliphatic rings. The van der Waals surface area contributed by atoms with Crippen molar-refractivity contribution in [2.24, 2.45) is 22.6 Å². The summed E-state index contributed by atoms with van der Waals surface area (Å²) in [5.41, 5.74) is 5.66. The molecule has 2 saturated carbocycles. The summed E-state index contributed by atoms with van der Waals surface area (Å²) in [6, 6.07) is -0.118. The minimum absolute atomic E-state index is 0.118. The zero-order valence-corrected chi connectivity index (χ0v) is 9.78. The van der Waals surface area contributed by atoms with E-state index in [2.05, 4.69) is 11.9 Å². The van der Waals surface area contributed by atoms with Gasteiger partial charge in [-0.1, -0.05) is 12.8 Å². The van der Waals surface area contributed by atoms with Gasteiger partial charge >= 0.3 is 6.03 Å². The molecule has 2 fully saturated rings. The summed E-state index contributed by atoms with van der Waals surface area (Å²) in [4.78, 5) is 17.7. The molecule has 88 valence electrons. The van der Waals surface area contributed by atoms with Gasteiger partial charge in [-0.05, 0) is 38.0 Å². The van der Waals surface area contributed by atoms with Crippen LogP contribution in [0.15, 0.2) is 4.99 Å². The van der Waals surface area contributed by atoms with Crippen molar-refractivity contribution in [3.8, 4) is 0 Å². The van der Waals surface area contributed by atoms with Crippen molar-refractivity contribution in [1.82, 2.24) is 4.90 Å². The lowest BCUT2D eigenvalue weighted by Gasteiger charge is -2.35. The third-order valence-corrected chi connectivity index (χ3v) is 4.12. The Balaban J connectivity index is 1.79. The van der Waals surface area contributed by atoms with Crippen molar-refractivity contribution in [1.29, 1.82) is 0 Å². The second kappa shape index (κ2) is 3.22. The molecule has 1 unspecified atom stereocenters. The summed E-state index contributed by atoms with van der Waals surface area (Å²) in [5.74, 6) is 1.99. The quantitative estimate of drug-likeness (QED) is 0.786. The zero-order chi connectivity index (χ0) is 11.3. The number of carbonyl (C=O) groups excluding carboxylic acids is 1. The van der Waals surface area contributed by atoms with E-state index in [9.17, 15) is 4.79 Å². The van der Waals surface area contributed by atoms with Crippen molar-refractivity contribution in [2.75, 3.05) is 6.54 Å². The van der Waals surface area contributed by atoms with Crippen LogP contribution in [0.25, 0.3) is 0 Å². The predicted octanol–water partition coefficient (Wildman–Crippen LogP) is 1.75. The molecule has 16 heavy (non-hydrogen) atoms. The van der Waals surface area contributed by atoms with Crippen LogP contribution in [0.4, 0.5) is 4.79 Å². The van der Waals surface area contributed by atoms with Crippen LogP contribution in [0.3, 0.4) is 0 Å². The van der Waals surface area contributed by atoms with Gasteiger partial charge in [0.2, 0.25) is 0 Å². The highest BCUT2D eigenvalue weighted by Crippen LogP contribution is 2.42. The van der Waals surface area contributed by atoms with Crippen LogP contribution in [0, 0.1) is 11.8 Å². The van der Waals surface area contributed by atoms with Crippen LogP contribution in [0.5, 0.6) is 0 Å². The number of hydrogen-bond acceptors (Lipinski definition) is 2. The monoisotopic (exact) mass is 221 g/mol. The van der Waals surface area contributed by atoms with E-state index >= 15 is 0 Å². The van der Waals surface area contributed by atoms with Gasteiger partial charge in [-0.2, -0.15) is 4.99 Å². The molecular weight excluding hydrogens is 202 g/mol. The maximum absolute atomic E-state index is 11.8. The molecule has 0 bridgehead atoms. The topological polar surface area (TPSA) is 58.7 Å². The zero-order valence-electron chi connectivity index (χ0n) is 9.78. The number of rotatable bonds is 4. The Morgan fingerprint density at radius 1 is 1.38 bits per heavy atom. The van der Waals surface area contributed by atoms with Gasteiger partial charge in [0.15, 0.2) is 0 Å². The van der Waals surface area contributed by atoms with Gasteiger partial charge in [0.1, 0.15) is 5.84 Å². The molecule has 0 radical (unpaired) electrons. The molecule has 0 spiro atoms. The fourth-order valence-electron chi connectivity index (χ4n) is 2.57. The number of nitrogens with two attached hydrogens (primary N) is 1. The maximum Gasteiger partial charge on any atom is 0.346 e. The molecule has 0 aromatic heterocycles. The van der Waals surface area contributed by atoms with Gasteiger partial charge in [-0.15, -0.1) is 0 Å². The lowest BCUT2D eigenvalue weighted by Crippen LogP contribution is -2.52. The van der Waals surface area contributed by atoms with E-state index in [1.807, 2.05) is 4.90 Å². The summed E-state index contributed by atoms with van der Waals surface area (Å²) in [6.07, 6.45) is 6.08. The Morgan fingerprint density at radius 3 is 2.56 bits per heavy atom. The molecule has 2 amide bonds. The number of amides is 2. The van der Waals surface area contributed by atoms with E-state index < -0.39 is 0 Å². The first-order valence-corrected chi connectivity index (χ1v) is 6.26. The highest BCUT2D eigenvalue weighted by Gasteiger charge is 2.48. The lowest BCUT2D eigenvalue weighted by molar-refractivity contribution is 0.166. The Labute approximate surface area is 95.9 Å². The Hall–Kier alpha value is -1.06. The minimum Gasteiger partial charge on any atom is -0.385 e. The standard InChI is InChI=1S/C12H19N3O/c1-12(6-8-2-3-8)10(13)14-11(16)15(12)7-9-4-5-9/h8-9H,2-7H2,1H3,(H2,13,14,16). The van der Waals surface area contributed by atoms with Crippen LogP contribution in [-0.4, -0.2) is 28.9 Å². The smallest absolute Gasteiger partial charge is 0.346 e. The molecule has 0 aromatic rings. The fraction of sp³-hybridized carbons (Fsp3) is 0.833. The van der Waals surface area contributed by atoms with Gasteiger partial charge < -0.3 is 10.6 Å². The average molecular weight is 221 g/mol. The number of nitrogens with zero attached hydrogens (tertiary/aromatic N) is 2. The summed E-state index contributed by atoms with van der Waals surface area (Å²) < 4.78 is 0. The molecule has 0 aromatic carbocycles. The number of amidine groups is 1. The van der Waals surface area contributed by atoms with Crippen molar-refractivity contribution < 1.29 is 4.79 Å². The van der Waals surface area contributed by atoms with E-state index in [-0.39, 0.29) is 11.6 Å². The first-order chi connectivity index (χ1) is 7.59. The highest BCUT2D eigenvalue weighted by atomic mass is 16.2. The van der Waals surface area contributed by atoms with E-state index in [1.54, 1.807) is 0 Å². The molecule has 1 heterocycles. The number of hydrogen-bond donors (Lipinski definition) is 1. The highest BCUT2D eigenvalue weighted by molar-refractivity contribution is 6.05. The second-order valence-electron chi connectivity index (χ2n) is 5.75. The third kappa shape index (κ3) is 1.60. The van der Waals surface area contributed by atoms with Gasteiger partial charge in [0, 0.05) is 6.54 Å². The normalized spacial score (nSPS) is 34.4. The third-order valence-electron chi connectivity index (χ3n) is 4.12. The lowest BCUT2D eigenvalue weighted by atomic mass is 9.92. The van der Waals surface area contributed by atoms with E-state index in [0.29, 0.717) is 11.8 Å².